The van der Waals surface area contributed by atoms with Gasteiger partial charge in [0.05, 0.1) is 5.69 Å². The Labute approximate surface area is 75.7 Å². The van der Waals surface area contributed by atoms with Gasteiger partial charge >= 0.3 is 0 Å². The van der Waals surface area contributed by atoms with Crippen LogP contribution < -0.4 is 15.8 Å². The normalized spacial score (nSPS) is 25.8. The average Bonchev–Trinajstić information content (AvgIpc) is 2.05. The van der Waals surface area contributed by atoms with Gasteiger partial charge in [0.1, 0.15) is 23.8 Å². The van der Waals surface area contributed by atoms with Crippen LogP contribution in [0.4, 0.5) is 10.1 Å². The molecule has 2 rings (SSSR count). The monoisotopic (exact) mass is 182 g/mol. The second-order valence-electron chi connectivity index (χ2n) is 3.47. The average molecular weight is 182 g/mol. The minimum Gasteiger partial charge on any atom is -0.487 e. The van der Waals surface area contributed by atoms with E-state index in [1.807, 2.05) is 6.92 Å². The van der Waals surface area contributed by atoms with E-state index in [4.69, 9.17) is 10.5 Å². The van der Waals surface area contributed by atoms with Crippen molar-refractivity contribution in [2.75, 3.05) is 11.9 Å². The van der Waals surface area contributed by atoms with E-state index in [1.54, 1.807) is 6.07 Å². The summed E-state index contributed by atoms with van der Waals surface area (Å²) in [7, 11) is 0. The number of rotatable bonds is 0. The standard InChI is InChI=1S/C9H11FN2O/c1-9(11)5-13-8-4-6(10)2-3-7(8)12-9/h2-4,12H,5,11H2,1H3. The van der Waals surface area contributed by atoms with E-state index in [0.29, 0.717) is 12.4 Å². The maximum absolute atomic E-state index is 12.7. The summed E-state index contributed by atoms with van der Waals surface area (Å²) in [4.78, 5) is 0. The summed E-state index contributed by atoms with van der Waals surface area (Å²) in [6.07, 6.45) is 0. The Balaban J connectivity index is 2.37. The van der Waals surface area contributed by atoms with Crippen molar-refractivity contribution in [2.45, 2.75) is 12.6 Å². The number of hydrogen-bond donors (Lipinski definition) is 2. The fourth-order valence-corrected chi connectivity index (χ4v) is 1.29. The first-order valence-corrected chi connectivity index (χ1v) is 4.06. The Morgan fingerprint density at radius 1 is 1.62 bits per heavy atom. The second kappa shape index (κ2) is 2.60. The number of fused-ring (bicyclic) bond motifs is 1. The molecule has 1 aliphatic heterocycles. The number of nitrogens with one attached hydrogen (secondary N) is 1. The lowest BCUT2D eigenvalue weighted by atomic mass is 10.1. The van der Waals surface area contributed by atoms with E-state index in [-0.39, 0.29) is 5.82 Å². The molecule has 1 atom stereocenters. The second-order valence-corrected chi connectivity index (χ2v) is 3.47. The van der Waals surface area contributed by atoms with Gasteiger partial charge in [0.15, 0.2) is 0 Å². The van der Waals surface area contributed by atoms with Crippen molar-refractivity contribution in [3.05, 3.63) is 24.0 Å². The molecule has 70 valence electrons. The number of nitrogens with two attached hydrogens (primary N) is 1. The number of ether oxygens (including phenoxy) is 1. The molecule has 4 heteroatoms. The molecule has 0 bridgehead atoms. The summed E-state index contributed by atoms with van der Waals surface area (Å²) >= 11 is 0. The predicted molar refractivity (Wildman–Crippen MR) is 48.1 cm³/mol. The lowest BCUT2D eigenvalue weighted by Gasteiger charge is -2.33. The van der Waals surface area contributed by atoms with Gasteiger partial charge in [0.2, 0.25) is 0 Å². The number of benzene rings is 1. The van der Waals surface area contributed by atoms with Crippen molar-refractivity contribution in [1.29, 1.82) is 0 Å². The molecule has 0 aliphatic carbocycles. The van der Waals surface area contributed by atoms with Crippen LogP contribution >= 0.6 is 0 Å². The van der Waals surface area contributed by atoms with Crippen LogP contribution in [-0.4, -0.2) is 12.3 Å². The van der Waals surface area contributed by atoms with Crippen LogP contribution in [0.1, 0.15) is 6.92 Å². The topological polar surface area (TPSA) is 47.3 Å². The molecule has 0 radical (unpaired) electrons. The van der Waals surface area contributed by atoms with Gasteiger partial charge in [0, 0.05) is 6.07 Å². The van der Waals surface area contributed by atoms with Crippen molar-refractivity contribution in [3.63, 3.8) is 0 Å². The fraction of sp³-hybridized carbons (Fsp3) is 0.333. The summed E-state index contributed by atoms with van der Waals surface area (Å²) in [5.74, 6) is 0.212. The lowest BCUT2D eigenvalue weighted by molar-refractivity contribution is 0.233. The molecular formula is C9H11FN2O. The van der Waals surface area contributed by atoms with Crippen LogP contribution in [0.2, 0.25) is 0 Å². The minimum absolute atomic E-state index is 0.304. The summed E-state index contributed by atoms with van der Waals surface area (Å²) in [5, 5.41) is 3.05. The van der Waals surface area contributed by atoms with Gasteiger partial charge in [-0.05, 0) is 19.1 Å². The summed E-state index contributed by atoms with van der Waals surface area (Å²) < 4.78 is 18.0. The number of anilines is 1. The van der Waals surface area contributed by atoms with Crippen LogP contribution in [0.5, 0.6) is 5.75 Å². The van der Waals surface area contributed by atoms with Crippen molar-refractivity contribution in [3.8, 4) is 5.75 Å². The molecule has 1 aromatic carbocycles. The van der Waals surface area contributed by atoms with Gasteiger partial charge < -0.3 is 15.8 Å². The molecule has 0 aromatic heterocycles. The maximum atomic E-state index is 12.7. The highest BCUT2D eigenvalue weighted by Gasteiger charge is 2.25. The van der Waals surface area contributed by atoms with Gasteiger partial charge in [-0.2, -0.15) is 0 Å². The molecule has 1 heterocycles. The molecule has 1 unspecified atom stereocenters. The smallest absolute Gasteiger partial charge is 0.145 e. The first-order chi connectivity index (χ1) is 6.07. The van der Waals surface area contributed by atoms with E-state index in [9.17, 15) is 4.39 Å². The molecule has 0 fully saturated rings. The van der Waals surface area contributed by atoms with Gasteiger partial charge in [-0.25, -0.2) is 4.39 Å². The van der Waals surface area contributed by atoms with E-state index >= 15 is 0 Å². The zero-order valence-corrected chi connectivity index (χ0v) is 7.30. The predicted octanol–water partition coefficient (Wildman–Crippen LogP) is 1.30. The van der Waals surface area contributed by atoms with Crippen LogP contribution in [0.25, 0.3) is 0 Å². The molecule has 13 heavy (non-hydrogen) atoms. The third-order valence-corrected chi connectivity index (χ3v) is 1.89. The Hall–Kier alpha value is -1.29. The van der Waals surface area contributed by atoms with Crippen molar-refractivity contribution < 1.29 is 9.13 Å². The van der Waals surface area contributed by atoms with E-state index in [0.717, 1.165) is 5.69 Å². The zero-order valence-electron chi connectivity index (χ0n) is 7.30. The Kier molecular flexibility index (Phi) is 1.66. The van der Waals surface area contributed by atoms with Crippen molar-refractivity contribution in [1.82, 2.24) is 0 Å². The maximum Gasteiger partial charge on any atom is 0.145 e. The van der Waals surface area contributed by atoms with Gasteiger partial charge in [-0.3, -0.25) is 0 Å². The first-order valence-electron chi connectivity index (χ1n) is 4.06. The van der Waals surface area contributed by atoms with Crippen molar-refractivity contribution in [2.24, 2.45) is 5.73 Å². The van der Waals surface area contributed by atoms with Crippen LogP contribution in [0.3, 0.4) is 0 Å². The van der Waals surface area contributed by atoms with Gasteiger partial charge in [-0.1, -0.05) is 0 Å². The SMILES string of the molecule is CC1(N)COc2cc(F)ccc2N1. The quantitative estimate of drug-likeness (QED) is 0.635. The summed E-state index contributed by atoms with van der Waals surface area (Å²) in [6, 6.07) is 4.34. The van der Waals surface area contributed by atoms with E-state index < -0.39 is 5.66 Å². The molecule has 1 aliphatic rings. The first kappa shape index (κ1) is 8.31. The molecule has 3 N–H and O–H groups in total. The highest BCUT2D eigenvalue weighted by atomic mass is 19.1. The van der Waals surface area contributed by atoms with E-state index in [1.165, 1.54) is 12.1 Å². The molecule has 0 spiro atoms. The third kappa shape index (κ3) is 1.58. The highest BCUT2D eigenvalue weighted by molar-refractivity contribution is 5.59. The fourth-order valence-electron chi connectivity index (χ4n) is 1.29. The van der Waals surface area contributed by atoms with Gasteiger partial charge in [0.25, 0.3) is 0 Å². The van der Waals surface area contributed by atoms with Gasteiger partial charge in [-0.15, -0.1) is 0 Å². The Morgan fingerprint density at radius 2 is 2.38 bits per heavy atom. The Bertz CT molecular complexity index is 338. The van der Waals surface area contributed by atoms with E-state index in [2.05, 4.69) is 5.32 Å². The molecular weight excluding hydrogens is 171 g/mol. The summed E-state index contributed by atoms with van der Waals surface area (Å²) in [6.45, 7) is 2.16. The van der Waals surface area contributed by atoms with Crippen LogP contribution in [0.15, 0.2) is 18.2 Å². The Morgan fingerprint density at radius 3 is 3.15 bits per heavy atom. The molecule has 3 nitrogen and oxygen atoms in total. The number of halogens is 1. The van der Waals surface area contributed by atoms with Crippen molar-refractivity contribution >= 4 is 5.69 Å². The minimum atomic E-state index is -0.579. The number of hydrogen-bond acceptors (Lipinski definition) is 3. The molecule has 0 saturated heterocycles. The third-order valence-electron chi connectivity index (χ3n) is 1.89. The zero-order chi connectivity index (χ0) is 9.47. The molecule has 0 saturated carbocycles. The van der Waals surface area contributed by atoms with Crippen LogP contribution in [0, 0.1) is 5.82 Å². The molecule has 0 amide bonds. The summed E-state index contributed by atoms with van der Waals surface area (Å²) in [5.41, 5.74) is 5.96. The molecule has 1 aromatic rings. The van der Waals surface area contributed by atoms with Crippen LogP contribution in [-0.2, 0) is 0 Å². The largest absolute Gasteiger partial charge is 0.487 e. The highest BCUT2D eigenvalue weighted by Crippen LogP contribution is 2.30. The lowest BCUT2D eigenvalue weighted by Crippen LogP contribution is -2.51.